The first-order valence-electron chi connectivity index (χ1n) is 13.1. The third-order valence-electron chi connectivity index (χ3n) is 6.87. The number of hydrogen-bond acceptors (Lipinski definition) is 9. The van der Waals surface area contributed by atoms with Crippen LogP contribution in [0.3, 0.4) is 0 Å². The lowest BCUT2D eigenvalue weighted by Crippen LogP contribution is -2.39. The van der Waals surface area contributed by atoms with Gasteiger partial charge in [0, 0.05) is 0 Å². The monoisotopic (exact) mass is 586 g/mol. The number of esters is 1. The van der Waals surface area contributed by atoms with Gasteiger partial charge in [0.15, 0.2) is 27.8 Å². The van der Waals surface area contributed by atoms with E-state index in [0.717, 1.165) is 11.1 Å². The highest BCUT2D eigenvalue weighted by Gasteiger charge is 2.33. The molecule has 0 radical (unpaired) electrons. The van der Waals surface area contributed by atoms with Crippen molar-refractivity contribution in [3.8, 4) is 23.0 Å². The van der Waals surface area contributed by atoms with Gasteiger partial charge in [0.25, 0.3) is 5.56 Å². The average molecular weight is 587 g/mol. The minimum absolute atomic E-state index is 0.266. The molecule has 216 valence electrons. The van der Waals surface area contributed by atoms with E-state index in [9.17, 15) is 9.59 Å². The Kier molecular flexibility index (Phi) is 8.44. The largest absolute Gasteiger partial charge is 0.493 e. The van der Waals surface area contributed by atoms with Gasteiger partial charge in [-0.15, -0.1) is 0 Å². The van der Waals surface area contributed by atoms with Crippen molar-refractivity contribution in [2.75, 3.05) is 28.4 Å². The number of hydrogen-bond donors (Lipinski definition) is 0. The SMILES string of the molecule is COC(=O)C1=C(C)N=c2sc(=Cc3ccc(OC)c(OC)c3)c(=O)n2C1c1ccc(OCc2ccccc2)c(OC)c1. The summed E-state index contributed by atoms with van der Waals surface area (Å²) in [6.07, 6.45) is 1.76. The van der Waals surface area contributed by atoms with Gasteiger partial charge >= 0.3 is 5.97 Å². The normalized spacial score (nSPS) is 14.6. The number of methoxy groups -OCH3 is 4. The summed E-state index contributed by atoms with van der Waals surface area (Å²) < 4.78 is 29.5. The first-order valence-corrected chi connectivity index (χ1v) is 13.9. The molecule has 4 aromatic rings. The second-order valence-electron chi connectivity index (χ2n) is 9.37. The van der Waals surface area contributed by atoms with E-state index in [1.54, 1.807) is 58.6 Å². The summed E-state index contributed by atoms with van der Waals surface area (Å²) >= 11 is 1.24. The highest BCUT2D eigenvalue weighted by molar-refractivity contribution is 7.07. The lowest BCUT2D eigenvalue weighted by Gasteiger charge is -2.25. The number of benzene rings is 3. The molecule has 2 heterocycles. The van der Waals surface area contributed by atoms with Crippen molar-refractivity contribution in [2.45, 2.75) is 19.6 Å². The molecule has 0 saturated heterocycles. The Morgan fingerprint density at radius 2 is 1.60 bits per heavy atom. The van der Waals surface area contributed by atoms with Gasteiger partial charge in [-0.05, 0) is 54.0 Å². The molecule has 42 heavy (non-hydrogen) atoms. The van der Waals surface area contributed by atoms with Crippen LogP contribution in [0.25, 0.3) is 6.08 Å². The number of allylic oxidation sites excluding steroid dienone is 1. The quantitative estimate of drug-likeness (QED) is 0.274. The number of nitrogens with zero attached hydrogens (tertiary/aromatic N) is 2. The van der Waals surface area contributed by atoms with Crippen molar-refractivity contribution >= 4 is 23.4 Å². The van der Waals surface area contributed by atoms with Crippen LogP contribution in [0.1, 0.15) is 29.7 Å². The fraction of sp³-hybridized carbons (Fsp3) is 0.219. The number of rotatable bonds is 9. The van der Waals surface area contributed by atoms with Crippen LogP contribution in [0, 0.1) is 0 Å². The number of carbonyl (C=O) groups is 1. The first kappa shape index (κ1) is 28.7. The van der Waals surface area contributed by atoms with Gasteiger partial charge in [-0.25, -0.2) is 9.79 Å². The minimum atomic E-state index is -0.793. The van der Waals surface area contributed by atoms with Crippen molar-refractivity contribution in [1.29, 1.82) is 0 Å². The summed E-state index contributed by atoms with van der Waals surface area (Å²) in [5.41, 5.74) is 2.84. The first-order chi connectivity index (χ1) is 20.4. The zero-order valence-electron chi connectivity index (χ0n) is 23.9. The van der Waals surface area contributed by atoms with Crippen LogP contribution >= 0.6 is 11.3 Å². The maximum absolute atomic E-state index is 13.9. The fourth-order valence-electron chi connectivity index (χ4n) is 4.81. The van der Waals surface area contributed by atoms with Gasteiger partial charge in [-0.1, -0.05) is 53.8 Å². The number of ether oxygens (including phenoxy) is 5. The van der Waals surface area contributed by atoms with Gasteiger partial charge in [0.05, 0.1) is 50.3 Å². The molecule has 0 N–H and O–H groups in total. The summed E-state index contributed by atoms with van der Waals surface area (Å²) in [7, 11) is 5.97. The topological polar surface area (TPSA) is 97.6 Å². The Hall–Kier alpha value is -4.83. The van der Waals surface area contributed by atoms with Gasteiger partial charge in [-0.3, -0.25) is 9.36 Å². The molecule has 0 bridgehead atoms. The predicted octanol–water partition coefficient (Wildman–Crippen LogP) is 4.01. The molecular weight excluding hydrogens is 556 g/mol. The molecule has 1 aliphatic heterocycles. The predicted molar refractivity (Wildman–Crippen MR) is 159 cm³/mol. The standard InChI is InChI=1S/C32H30N2O7S/c1-19-28(31(36)40-5)29(22-12-14-24(26(17-22)39-4)41-18-20-9-7-6-8-10-20)34-30(35)27(42-32(34)33-19)16-21-11-13-23(37-2)25(15-21)38-3/h6-17,29H,18H2,1-5H3. The Bertz CT molecular complexity index is 1840. The maximum atomic E-state index is 13.9. The Morgan fingerprint density at radius 3 is 2.29 bits per heavy atom. The van der Waals surface area contributed by atoms with Crippen LogP contribution in [0.4, 0.5) is 0 Å². The molecule has 1 atom stereocenters. The van der Waals surface area contributed by atoms with Crippen molar-refractivity contribution in [3.63, 3.8) is 0 Å². The van der Waals surface area contributed by atoms with E-state index < -0.39 is 12.0 Å². The average Bonchev–Trinajstić information content (AvgIpc) is 3.32. The number of aromatic nitrogens is 1. The smallest absolute Gasteiger partial charge is 0.338 e. The van der Waals surface area contributed by atoms with Crippen LogP contribution in [0.2, 0.25) is 0 Å². The zero-order valence-corrected chi connectivity index (χ0v) is 24.7. The molecule has 1 aliphatic rings. The molecule has 1 aromatic heterocycles. The van der Waals surface area contributed by atoms with Crippen molar-refractivity contribution in [1.82, 2.24) is 4.57 Å². The Labute approximate surface area is 246 Å². The maximum Gasteiger partial charge on any atom is 0.338 e. The van der Waals surface area contributed by atoms with Gasteiger partial charge in [0.1, 0.15) is 6.61 Å². The van der Waals surface area contributed by atoms with E-state index in [1.165, 1.54) is 23.0 Å². The van der Waals surface area contributed by atoms with E-state index in [-0.39, 0.29) is 11.1 Å². The van der Waals surface area contributed by atoms with Gasteiger partial charge in [0.2, 0.25) is 0 Å². The lowest BCUT2D eigenvalue weighted by molar-refractivity contribution is -0.136. The van der Waals surface area contributed by atoms with Gasteiger partial charge < -0.3 is 23.7 Å². The second-order valence-corrected chi connectivity index (χ2v) is 10.4. The molecule has 0 saturated carbocycles. The van der Waals surface area contributed by atoms with Crippen molar-refractivity contribution < 1.29 is 28.5 Å². The summed E-state index contributed by atoms with van der Waals surface area (Å²) in [4.78, 5) is 32.1. The van der Waals surface area contributed by atoms with Crippen LogP contribution in [0.15, 0.2) is 87.8 Å². The van der Waals surface area contributed by atoms with Crippen LogP contribution in [-0.2, 0) is 16.1 Å². The number of carbonyl (C=O) groups excluding carboxylic acids is 1. The summed E-state index contributed by atoms with van der Waals surface area (Å²) in [5.74, 6) is 1.56. The number of fused-ring (bicyclic) bond motifs is 1. The Balaban J connectivity index is 1.61. The van der Waals surface area contributed by atoms with E-state index >= 15 is 0 Å². The summed E-state index contributed by atoms with van der Waals surface area (Å²) in [6, 6.07) is 19.8. The van der Waals surface area contributed by atoms with Crippen LogP contribution in [-0.4, -0.2) is 39.0 Å². The Morgan fingerprint density at radius 1 is 0.905 bits per heavy atom. The molecule has 1 unspecified atom stereocenters. The van der Waals surface area contributed by atoms with E-state index in [4.69, 9.17) is 23.7 Å². The minimum Gasteiger partial charge on any atom is -0.493 e. The third kappa shape index (κ3) is 5.53. The molecule has 10 heteroatoms. The molecule has 0 amide bonds. The van der Waals surface area contributed by atoms with E-state index in [0.29, 0.717) is 50.2 Å². The highest BCUT2D eigenvalue weighted by Crippen LogP contribution is 2.36. The summed E-state index contributed by atoms with van der Waals surface area (Å²) in [6.45, 7) is 2.09. The molecule has 5 rings (SSSR count). The fourth-order valence-corrected chi connectivity index (χ4v) is 5.86. The molecule has 0 aliphatic carbocycles. The highest BCUT2D eigenvalue weighted by atomic mass is 32.1. The molecule has 3 aromatic carbocycles. The second kappa shape index (κ2) is 12.4. The third-order valence-corrected chi connectivity index (χ3v) is 7.86. The number of thiazole rings is 1. The van der Waals surface area contributed by atoms with Crippen LogP contribution < -0.4 is 33.8 Å². The van der Waals surface area contributed by atoms with Crippen molar-refractivity contribution in [3.05, 3.63) is 114 Å². The molecule has 0 spiro atoms. The molecule has 9 nitrogen and oxygen atoms in total. The van der Waals surface area contributed by atoms with E-state index in [1.807, 2.05) is 42.5 Å². The van der Waals surface area contributed by atoms with Crippen LogP contribution in [0.5, 0.6) is 23.0 Å². The zero-order chi connectivity index (χ0) is 29.8. The molecule has 0 fully saturated rings. The van der Waals surface area contributed by atoms with Crippen molar-refractivity contribution in [2.24, 2.45) is 4.99 Å². The summed E-state index contributed by atoms with van der Waals surface area (Å²) in [5, 5.41) is 0. The molecular formula is C32H30N2O7S. The van der Waals surface area contributed by atoms with Gasteiger partial charge in [-0.2, -0.15) is 0 Å². The van der Waals surface area contributed by atoms with E-state index in [2.05, 4.69) is 4.99 Å². The lowest BCUT2D eigenvalue weighted by atomic mass is 9.95.